The van der Waals surface area contributed by atoms with E-state index in [1.807, 2.05) is 6.07 Å². The third-order valence-electron chi connectivity index (χ3n) is 4.89. The Hall–Kier alpha value is -3.34. The highest BCUT2D eigenvalue weighted by Gasteiger charge is 2.42. The first kappa shape index (κ1) is 19.0. The molecular formula is C21H17ClN4O3. The van der Waals surface area contributed by atoms with E-state index in [4.69, 9.17) is 17.3 Å². The van der Waals surface area contributed by atoms with Crippen molar-refractivity contribution in [2.24, 2.45) is 5.73 Å². The highest BCUT2D eigenvalue weighted by Crippen LogP contribution is 2.28. The number of fused-ring (bicyclic) bond motifs is 1. The van der Waals surface area contributed by atoms with Crippen molar-refractivity contribution >= 4 is 28.9 Å². The highest BCUT2D eigenvalue weighted by atomic mass is 35.5. The Balaban J connectivity index is 1.78. The third-order valence-corrected chi connectivity index (χ3v) is 5.12. The molecule has 1 atom stereocenters. The summed E-state index contributed by atoms with van der Waals surface area (Å²) < 4.78 is 1.58. The Bertz CT molecular complexity index is 1220. The SMILES string of the molecule is CN1CC[C@@](O)(C#Cc2cccc(-c3nc(C(N)=O)n4ccc(Cl)cc34)c2)C1=O. The van der Waals surface area contributed by atoms with Crippen molar-refractivity contribution in [3.8, 4) is 23.1 Å². The maximum atomic E-state index is 12.1. The van der Waals surface area contributed by atoms with Crippen molar-refractivity contribution in [3.05, 3.63) is 59.0 Å². The Morgan fingerprint density at radius 2 is 2.14 bits per heavy atom. The highest BCUT2D eigenvalue weighted by molar-refractivity contribution is 6.31. The molecule has 8 heteroatoms. The van der Waals surface area contributed by atoms with Gasteiger partial charge in [0.2, 0.25) is 11.4 Å². The monoisotopic (exact) mass is 408 g/mol. The average Bonchev–Trinajstić information content (AvgIpc) is 3.20. The van der Waals surface area contributed by atoms with Crippen LogP contribution in [0.1, 0.15) is 22.6 Å². The number of nitrogens with two attached hydrogens (primary N) is 1. The lowest BCUT2D eigenvalue weighted by Crippen LogP contribution is -2.37. The van der Waals surface area contributed by atoms with Crippen molar-refractivity contribution in [2.45, 2.75) is 12.0 Å². The van der Waals surface area contributed by atoms with Crippen molar-refractivity contribution in [3.63, 3.8) is 0 Å². The fourth-order valence-electron chi connectivity index (χ4n) is 3.33. The van der Waals surface area contributed by atoms with E-state index in [0.717, 1.165) is 0 Å². The number of primary amides is 1. The average molecular weight is 409 g/mol. The number of halogens is 1. The minimum absolute atomic E-state index is 0.0945. The number of amides is 2. The number of hydrogen-bond donors (Lipinski definition) is 2. The first-order chi connectivity index (χ1) is 13.8. The van der Waals surface area contributed by atoms with E-state index in [2.05, 4.69) is 16.8 Å². The summed E-state index contributed by atoms with van der Waals surface area (Å²) in [5.74, 6) is 4.61. The number of nitrogens with zero attached hydrogens (tertiary/aromatic N) is 3. The number of likely N-dealkylation sites (N-methyl/N-ethyl adjacent to an activating group) is 1. The van der Waals surface area contributed by atoms with Crippen LogP contribution in [0.2, 0.25) is 5.02 Å². The molecule has 0 unspecified atom stereocenters. The molecule has 2 aromatic heterocycles. The molecule has 7 nitrogen and oxygen atoms in total. The largest absolute Gasteiger partial charge is 0.369 e. The summed E-state index contributed by atoms with van der Waals surface area (Å²) in [4.78, 5) is 29.7. The van der Waals surface area contributed by atoms with E-state index in [-0.39, 0.29) is 12.2 Å². The van der Waals surface area contributed by atoms with Gasteiger partial charge in [0, 0.05) is 42.4 Å². The van der Waals surface area contributed by atoms with Gasteiger partial charge in [-0.25, -0.2) is 4.98 Å². The Labute approximate surface area is 171 Å². The van der Waals surface area contributed by atoms with Gasteiger partial charge in [0.25, 0.3) is 11.8 Å². The summed E-state index contributed by atoms with van der Waals surface area (Å²) in [6, 6.07) is 10.5. The van der Waals surface area contributed by atoms with Gasteiger partial charge in [0.05, 0.1) is 11.2 Å². The zero-order chi connectivity index (χ0) is 20.8. The maximum absolute atomic E-state index is 12.1. The lowest BCUT2D eigenvalue weighted by molar-refractivity contribution is -0.137. The van der Waals surface area contributed by atoms with Crippen LogP contribution in [0.4, 0.5) is 0 Å². The Morgan fingerprint density at radius 1 is 1.34 bits per heavy atom. The van der Waals surface area contributed by atoms with E-state index >= 15 is 0 Å². The zero-order valence-electron chi connectivity index (χ0n) is 15.5. The number of carbonyl (C=O) groups excluding carboxylic acids is 2. The number of pyridine rings is 1. The van der Waals surface area contributed by atoms with Gasteiger partial charge < -0.3 is 15.7 Å². The normalized spacial score (nSPS) is 18.7. The van der Waals surface area contributed by atoms with Gasteiger partial charge in [0.15, 0.2) is 0 Å². The fourth-order valence-corrected chi connectivity index (χ4v) is 3.49. The Morgan fingerprint density at radius 3 is 2.83 bits per heavy atom. The van der Waals surface area contributed by atoms with Crippen LogP contribution in [-0.4, -0.2) is 50.4 Å². The minimum atomic E-state index is -1.67. The van der Waals surface area contributed by atoms with Gasteiger partial charge >= 0.3 is 0 Å². The first-order valence-electron chi connectivity index (χ1n) is 8.87. The number of aliphatic hydroxyl groups is 1. The van der Waals surface area contributed by atoms with Crippen molar-refractivity contribution in [2.75, 3.05) is 13.6 Å². The molecule has 1 saturated heterocycles. The van der Waals surface area contributed by atoms with Crippen molar-refractivity contribution in [1.29, 1.82) is 0 Å². The van der Waals surface area contributed by atoms with Gasteiger partial charge in [-0.05, 0) is 24.3 Å². The molecule has 0 spiro atoms. The second-order valence-electron chi connectivity index (χ2n) is 6.92. The van der Waals surface area contributed by atoms with Crippen LogP contribution < -0.4 is 5.73 Å². The molecule has 0 aliphatic carbocycles. The number of imidazole rings is 1. The smallest absolute Gasteiger partial charge is 0.285 e. The first-order valence-corrected chi connectivity index (χ1v) is 9.25. The summed E-state index contributed by atoms with van der Waals surface area (Å²) in [6.07, 6.45) is 1.90. The topological polar surface area (TPSA) is 101 Å². The molecule has 1 aliphatic rings. The molecule has 0 radical (unpaired) electrons. The number of likely N-dealkylation sites (tertiary alicyclic amines) is 1. The Kier molecular flexibility index (Phi) is 4.53. The molecule has 1 aromatic carbocycles. The molecule has 1 aliphatic heterocycles. The summed E-state index contributed by atoms with van der Waals surface area (Å²) in [6.45, 7) is 0.460. The van der Waals surface area contributed by atoms with Crippen molar-refractivity contribution < 1.29 is 14.7 Å². The number of benzene rings is 1. The second kappa shape index (κ2) is 6.92. The lowest BCUT2D eigenvalue weighted by Gasteiger charge is -2.13. The number of rotatable bonds is 2. The molecule has 146 valence electrons. The summed E-state index contributed by atoms with van der Waals surface area (Å²) in [7, 11) is 1.63. The van der Waals surface area contributed by atoms with Crippen LogP contribution in [0, 0.1) is 11.8 Å². The van der Waals surface area contributed by atoms with Crippen LogP contribution in [-0.2, 0) is 4.79 Å². The van der Waals surface area contributed by atoms with Crippen LogP contribution in [0.5, 0.6) is 0 Å². The molecule has 3 heterocycles. The quantitative estimate of drug-likeness (QED) is 0.630. The molecule has 4 rings (SSSR count). The van der Waals surface area contributed by atoms with Gasteiger partial charge in [-0.15, -0.1) is 0 Å². The third kappa shape index (κ3) is 3.33. The fraction of sp³-hybridized carbons (Fsp3) is 0.190. The van der Waals surface area contributed by atoms with E-state index < -0.39 is 17.4 Å². The summed E-state index contributed by atoms with van der Waals surface area (Å²) in [5, 5.41) is 11.0. The number of aromatic nitrogens is 2. The van der Waals surface area contributed by atoms with E-state index in [1.165, 1.54) is 4.90 Å². The maximum Gasteiger partial charge on any atom is 0.285 e. The van der Waals surface area contributed by atoms with E-state index in [9.17, 15) is 14.7 Å². The molecule has 0 saturated carbocycles. The van der Waals surface area contributed by atoms with Gasteiger partial charge in [-0.2, -0.15) is 0 Å². The van der Waals surface area contributed by atoms with Crippen LogP contribution in [0.25, 0.3) is 16.8 Å². The minimum Gasteiger partial charge on any atom is -0.369 e. The predicted molar refractivity (Wildman–Crippen MR) is 108 cm³/mol. The predicted octanol–water partition coefficient (Wildman–Crippen LogP) is 1.70. The summed E-state index contributed by atoms with van der Waals surface area (Å²) >= 11 is 6.12. The van der Waals surface area contributed by atoms with Crippen molar-refractivity contribution in [1.82, 2.24) is 14.3 Å². The molecule has 3 N–H and O–H groups in total. The standard InChI is InChI=1S/C21H17ClN4O3/c1-25-10-8-21(29,20(25)28)7-5-13-3-2-4-14(11-13)17-16-12-15(22)6-9-26(16)19(24-17)18(23)27/h2-4,6,9,11-12,29H,8,10H2,1H3,(H2,23,27)/t21-/m0/s1. The lowest BCUT2D eigenvalue weighted by atomic mass is 10.0. The number of hydrogen-bond acceptors (Lipinski definition) is 4. The van der Waals surface area contributed by atoms with E-state index in [0.29, 0.717) is 33.9 Å². The van der Waals surface area contributed by atoms with Crippen LogP contribution >= 0.6 is 11.6 Å². The van der Waals surface area contributed by atoms with E-state index in [1.54, 1.807) is 48.0 Å². The summed E-state index contributed by atoms with van der Waals surface area (Å²) in [5.41, 5.74) is 6.24. The van der Waals surface area contributed by atoms with Gasteiger partial charge in [0.1, 0.15) is 0 Å². The molecule has 1 fully saturated rings. The number of carbonyl (C=O) groups is 2. The molecule has 29 heavy (non-hydrogen) atoms. The zero-order valence-corrected chi connectivity index (χ0v) is 16.3. The van der Waals surface area contributed by atoms with Gasteiger partial charge in [-0.3, -0.25) is 14.0 Å². The van der Waals surface area contributed by atoms with Gasteiger partial charge in [-0.1, -0.05) is 35.6 Å². The molecule has 2 amide bonds. The second-order valence-corrected chi connectivity index (χ2v) is 7.35. The van der Waals surface area contributed by atoms with Crippen LogP contribution in [0.3, 0.4) is 0 Å². The molecular weight excluding hydrogens is 392 g/mol. The molecule has 0 bridgehead atoms. The van der Waals surface area contributed by atoms with Crippen LogP contribution in [0.15, 0.2) is 42.6 Å². The molecule has 3 aromatic rings.